The van der Waals surface area contributed by atoms with Gasteiger partial charge in [0.05, 0.1) is 0 Å². The van der Waals surface area contributed by atoms with Gasteiger partial charge in [-0.25, -0.2) is 4.79 Å². The SMILES string of the molecule is CCCCCCN(C(=O)C(CS)NC(=O)OC(C)(C)C)C(C(=O)NCCCC)c1cc(C)ccc1C. The number of benzene rings is 1. The Morgan fingerprint density at radius 2 is 1.69 bits per heavy atom. The van der Waals surface area contributed by atoms with E-state index in [0.717, 1.165) is 55.2 Å². The van der Waals surface area contributed by atoms with Crippen LogP contribution < -0.4 is 10.6 Å². The van der Waals surface area contributed by atoms with Crippen LogP contribution in [0.2, 0.25) is 0 Å². The molecule has 1 aromatic carbocycles. The van der Waals surface area contributed by atoms with Gasteiger partial charge in [-0.1, -0.05) is 63.3 Å². The van der Waals surface area contributed by atoms with Crippen molar-refractivity contribution in [2.75, 3.05) is 18.8 Å². The normalized spacial score (nSPS) is 13.0. The Morgan fingerprint density at radius 1 is 1.03 bits per heavy atom. The zero-order valence-corrected chi connectivity index (χ0v) is 24.2. The number of carbonyl (C=O) groups is 3. The van der Waals surface area contributed by atoms with E-state index in [1.54, 1.807) is 25.7 Å². The highest BCUT2D eigenvalue weighted by atomic mass is 32.1. The Morgan fingerprint density at radius 3 is 2.28 bits per heavy atom. The number of thiol groups is 1. The van der Waals surface area contributed by atoms with Crippen molar-refractivity contribution in [1.29, 1.82) is 0 Å². The molecule has 2 N–H and O–H groups in total. The maximum atomic E-state index is 13.9. The fourth-order valence-corrected chi connectivity index (χ4v) is 4.15. The van der Waals surface area contributed by atoms with Crippen LogP contribution in [-0.2, 0) is 14.3 Å². The molecular weight excluding hydrogens is 474 g/mol. The van der Waals surface area contributed by atoms with Gasteiger partial charge in [0.1, 0.15) is 17.7 Å². The van der Waals surface area contributed by atoms with Crippen LogP contribution in [0.5, 0.6) is 0 Å². The second-order valence-electron chi connectivity index (χ2n) is 10.4. The number of amides is 3. The van der Waals surface area contributed by atoms with E-state index >= 15 is 0 Å². The molecule has 0 heterocycles. The molecular formula is C28H47N3O4S. The second-order valence-corrected chi connectivity index (χ2v) is 10.7. The van der Waals surface area contributed by atoms with Crippen LogP contribution in [0.4, 0.5) is 4.79 Å². The van der Waals surface area contributed by atoms with Crippen LogP contribution >= 0.6 is 12.6 Å². The fourth-order valence-electron chi connectivity index (χ4n) is 3.90. The van der Waals surface area contributed by atoms with Crippen LogP contribution in [0.3, 0.4) is 0 Å². The van der Waals surface area contributed by atoms with Crippen LogP contribution in [-0.4, -0.2) is 53.3 Å². The Balaban J connectivity index is 3.42. The summed E-state index contributed by atoms with van der Waals surface area (Å²) in [5.74, 6) is -0.472. The van der Waals surface area contributed by atoms with Gasteiger partial charge in [-0.05, 0) is 58.6 Å². The molecule has 36 heavy (non-hydrogen) atoms. The summed E-state index contributed by atoms with van der Waals surface area (Å²) >= 11 is 4.36. The summed E-state index contributed by atoms with van der Waals surface area (Å²) in [7, 11) is 0. The van der Waals surface area contributed by atoms with E-state index in [1.165, 1.54) is 0 Å². The first kappa shape index (κ1) is 31.8. The lowest BCUT2D eigenvalue weighted by Crippen LogP contribution is -2.54. The van der Waals surface area contributed by atoms with Gasteiger partial charge in [-0.15, -0.1) is 0 Å². The molecule has 0 radical (unpaired) electrons. The minimum atomic E-state index is -0.926. The van der Waals surface area contributed by atoms with Crippen LogP contribution in [0.1, 0.15) is 95.9 Å². The molecule has 0 aliphatic carbocycles. The summed E-state index contributed by atoms with van der Waals surface area (Å²) in [4.78, 5) is 41.6. The monoisotopic (exact) mass is 521 g/mol. The summed E-state index contributed by atoms with van der Waals surface area (Å²) in [5.41, 5.74) is 2.04. The third kappa shape index (κ3) is 10.8. The van der Waals surface area contributed by atoms with Crippen molar-refractivity contribution in [3.63, 3.8) is 0 Å². The van der Waals surface area contributed by atoms with Gasteiger partial charge in [0.2, 0.25) is 11.8 Å². The molecule has 0 saturated carbocycles. The molecule has 0 aromatic heterocycles. The predicted molar refractivity (Wildman–Crippen MR) is 149 cm³/mol. The standard InChI is InChI=1S/C28H47N3O4S/c1-8-10-12-13-17-31(26(33)23(19-36)30-27(34)35-28(5,6)7)24(25(32)29-16-11-9-2)22-18-20(3)14-15-21(22)4/h14-15,18,23-24,36H,8-13,16-17,19H2,1-7H3,(H,29,32)(H,30,34). The molecule has 204 valence electrons. The Kier molecular flexibility index (Phi) is 14.0. The summed E-state index contributed by atoms with van der Waals surface area (Å²) in [6.07, 6.45) is 4.94. The number of hydrogen-bond acceptors (Lipinski definition) is 5. The van der Waals surface area contributed by atoms with Crippen molar-refractivity contribution in [3.8, 4) is 0 Å². The molecule has 2 atom stereocenters. The number of unbranched alkanes of at least 4 members (excludes halogenated alkanes) is 4. The molecule has 7 nitrogen and oxygen atoms in total. The van der Waals surface area contributed by atoms with Gasteiger partial charge in [-0.3, -0.25) is 9.59 Å². The average molecular weight is 522 g/mol. The maximum absolute atomic E-state index is 13.9. The second kappa shape index (κ2) is 15.8. The van der Waals surface area contributed by atoms with E-state index in [2.05, 4.69) is 37.1 Å². The minimum Gasteiger partial charge on any atom is -0.444 e. The first-order valence-corrected chi connectivity index (χ1v) is 13.8. The topological polar surface area (TPSA) is 87.7 Å². The molecule has 0 bridgehead atoms. The fraction of sp³-hybridized carbons (Fsp3) is 0.679. The first-order chi connectivity index (χ1) is 16.9. The Labute approximate surface area is 223 Å². The molecule has 0 aliphatic heterocycles. The van der Waals surface area contributed by atoms with Gasteiger partial charge in [0.25, 0.3) is 0 Å². The van der Waals surface area contributed by atoms with E-state index in [9.17, 15) is 14.4 Å². The molecule has 0 saturated heterocycles. The lowest BCUT2D eigenvalue weighted by Gasteiger charge is -2.35. The number of rotatable bonds is 14. The highest BCUT2D eigenvalue weighted by Crippen LogP contribution is 2.27. The van der Waals surface area contributed by atoms with Gasteiger partial charge in [-0.2, -0.15) is 12.6 Å². The van der Waals surface area contributed by atoms with Gasteiger partial charge in [0, 0.05) is 18.8 Å². The van der Waals surface area contributed by atoms with Crippen molar-refractivity contribution in [2.24, 2.45) is 0 Å². The van der Waals surface area contributed by atoms with Gasteiger partial charge >= 0.3 is 6.09 Å². The summed E-state index contributed by atoms with van der Waals surface area (Å²) in [6, 6.07) is 4.22. The van der Waals surface area contributed by atoms with Crippen LogP contribution in [0, 0.1) is 13.8 Å². The number of aryl methyl sites for hydroxylation is 2. The Hall–Kier alpha value is -2.22. The third-order valence-corrected chi connectivity index (χ3v) is 6.19. The third-order valence-electron chi connectivity index (χ3n) is 5.83. The van der Waals surface area contributed by atoms with Crippen molar-refractivity contribution >= 4 is 30.5 Å². The molecule has 8 heteroatoms. The van der Waals surface area contributed by atoms with Crippen LogP contribution in [0.15, 0.2) is 18.2 Å². The lowest BCUT2D eigenvalue weighted by molar-refractivity contribution is -0.142. The highest BCUT2D eigenvalue weighted by Gasteiger charge is 2.36. The number of hydrogen-bond donors (Lipinski definition) is 3. The number of carbonyl (C=O) groups excluding carboxylic acids is 3. The van der Waals surface area contributed by atoms with Crippen molar-refractivity contribution in [1.82, 2.24) is 15.5 Å². The molecule has 1 aromatic rings. The number of nitrogens with one attached hydrogen (secondary N) is 2. The molecule has 1 rings (SSSR count). The van der Waals surface area contributed by atoms with Gasteiger partial charge in [0.15, 0.2) is 0 Å². The number of nitrogens with zero attached hydrogens (tertiary/aromatic N) is 1. The molecule has 3 amide bonds. The van der Waals surface area contributed by atoms with Gasteiger partial charge < -0.3 is 20.3 Å². The summed E-state index contributed by atoms with van der Waals surface area (Å²) < 4.78 is 5.37. The zero-order chi connectivity index (χ0) is 27.3. The molecule has 0 aliphatic rings. The van der Waals surface area contributed by atoms with Crippen molar-refractivity contribution in [3.05, 3.63) is 34.9 Å². The van der Waals surface area contributed by atoms with Crippen LogP contribution in [0.25, 0.3) is 0 Å². The molecule has 0 spiro atoms. The van der Waals surface area contributed by atoms with Crippen molar-refractivity contribution < 1.29 is 19.1 Å². The zero-order valence-electron chi connectivity index (χ0n) is 23.3. The predicted octanol–water partition coefficient (Wildman–Crippen LogP) is 5.49. The highest BCUT2D eigenvalue weighted by molar-refractivity contribution is 7.80. The first-order valence-electron chi connectivity index (χ1n) is 13.2. The minimum absolute atomic E-state index is 0.0838. The molecule has 2 unspecified atom stereocenters. The maximum Gasteiger partial charge on any atom is 0.408 e. The smallest absolute Gasteiger partial charge is 0.408 e. The van der Waals surface area contributed by atoms with Crippen molar-refractivity contribution in [2.45, 2.75) is 105 Å². The van der Waals surface area contributed by atoms with E-state index in [-0.39, 0.29) is 17.6 Å². The van der Waals surface area contributed by atoms with E-state index in [0.29, 0.717) is 13.1 Å². The quantitative estimate of drug-likeness (QED) is 0.223. The van der Waals surface area contributed by atoms with E-state index in [4.69, 9.17) is 4.74 Å². The largest absolute Gasteiger partial charge is 0.444 e. The van der Waals surface area contributed by atoms with E-state index in [1.807, 2.05) is 32.0 Å². The van der Waals surface area contributed by atoms with E-state index < -0.39 is 23.8 Å². The summed E-state index contributed by atoms with van der Waals surface area (Å²) in [5, 5.41) is 5.70. The lowest BCUT2D eigenvalue weighted by atomic mass is 9.96. The average Bonchev–Trinajstić information content (AvgIpc) is 2.80. The molecule has 0 fully saturated rings. The Bertz CT molecular complexity index is 854. The number of ether oxygens (including phenoxy) is 1. The number of alkyl carbamates (subject to hydrolysis) is 1. The summed E-state index contributed by atoms with van der Waals surface area (Å²) in [6.45, 7) is 14.4.